The van der Waals surface area contributed by atoms with Crippen molar-refractivity contribution in [3.05, 3.63) is 23.3 Å². The second-order valence-electron chi connectivity index (χ2n) is 6.26. The van der Waals surface area contributed by atoms with Gasteiger partial charge in [-0.1, -0.05) is 13.0 Å². The molecule has 0 aromatic heterocycles. The van der Waals surface area contributed by atoms with Gasteiger partial charge in [0, 0.05) is 17.4 Å². The summed E-state index contributed by atoms with van der Waals surface area (Å²) in [5.41, 5.74) is 2.55. The summed E-state index contributed by atoms with van der Waals surface area (Å²) in [5, 5.41) is 0. The van der Waals surface area contributed by atoms with Gasteiger partial charge in [0.1, 0.15) is 0 Å². The second kappa shape index (κ2) is 4.00. The quantitative estimate of drug-likeness (QED) is 0.830. The van der Waals surface area contributed by atoms with Gasteiger partial charge in [-0.05, 0) is 43.2 Å². The average molecular weight is 272 g/mol. The van der Waals surface area contributed by atoms with Crippen molar-refractivity contribution in [2.45, 2.75) is 50.5 Å². The van der Waals surface area contributed by atoms with Crippen LogP contribution < -0.4 is 9.47 Å². The summed E-state index contributed by atoms with van der Waals surface area (Å²) in [6.45, 7) is 2.20. The van der Waals surface area contributed by atoms with E-state index < -0.39 is 0 Å². The van der Waals surface area contributed by atoms with Crippen molar-refractivity contribution in [3.63, 3.8) is 0 Å². The van der Waals surface area contributed by atoms with E-state index in [1.54, 1.807) is 7.11 Å². The molecule has 20 heavy (non-hydrogen) atoms. The molecule has 3 nitrogen and oxygen atoms in total. The molecule has 0 saturated heterocycles. The molecular formula is C17H20O3. The molecule has 4 rings (SSSR count). The minimum absolute atomic E-state index is 0.0905. The Labute approximate surface area is 119 Å². The Morgan fingerprint density at radius 3 is 2.90 bits per heavy atom. The number of aryl methyl sites for hydroxylation is 1. The maximum Gasteiger partial charge on any atom is 0.174 e. The standard InChI is InChI=1S/C17H20O3/c1-3-17-11-6-4-10-5-9-13(19-2)15(14(10)17)20-16(17)12(18)8-7-11/h5,9,11,16H,3-4,6-8H2,1-2H3/t11-,16+,17+/m0/s1. The number of hydrogen-bond acceptors (Lipinski definition) is 3. The highest BCUT2D eigenvalue weighted by Gasteiger charge is 2.60. The first kappa shape index (κ1) is 12.2. The molecule has 3 aliphatic rings. The molecule has 0 amide bonds. The summed E-state index contributed by atoms with van der Waals surface area (Å²) in [4.78, 5) is 12.4. The minimum atomic E-state index is -0.281. The van der Waals surface area contributed by atoms with Crippen LogP contribution in [0.1, 0.15) is 43.7 Å². The van der Waals surface area contributed by atoms with E-state index in [0.717, 1.165) is 30.8 Å². The van der Waals surface area contributed by atoms with E-state index in [9.17, 15) is 4.79 Å². The van der Waals surface area contributed by atoms with Crippen LogP contribution in [-0.2, 0) is 16.6 Å². The van der Waals surface area contributed by atoms with Gasteiger partial charge in [-0.2, -0.15) is 0 Å². The number of ketones is 1. The summed E-state index contributed by atoms with van der Waals surface area (Å²) < 4.78 is 11.6. The molecule has 1 aromatic rings. The fourth-order valence-corrected chi connectivity index (χ4v) is 4.81. The fourth-order valence-electron chi connectivity index (χ4n) is 4.81. The third kappa shape index (κ3) is 1.24. The highest BCUT2D eigenvalue weighted by atomic mass is 16.5. The third-order valence-electron chi connectivity index (χ3n) is 5.70. The Morgan fingerprint density at radius 1 is 1.35 bits per heavy atom. The van der Waals surface area contributed by atoms with Gasteiger partial charge in [-0.15, -0.1) is 0 Å². The Kier molecular flexibility index (Phi) is 2.45. The van der Waals surface area contributed by atoms with Crippen molar-refractivity contribution in [1.29, 1.82) is 0 Å². The zero-order valence-corrected chi connectivity index (χ0v) is 12.1. The SMILES string of the molecule is CC[C@@]12c3c4ccc(OC)c3O[C@@H]1C(=O)CC[C@@H]2CC4. The van der Waals surface area contributed by atoms with E-state index in [1.165, 1.54) is 17.5 Å². The molecule has 0 N–H and O–H groups in total. The van der Waals surface area contributed by atoms with Crippen molar-refractivity contribution >= 4 is 5.78 Å². The van der Waals surface area contributed by atoms with E-state index in [4.69, 9.17) is 9.47 Å². The number of benzene rings is 1. The van der Waals surface area contributed by atoms with Crippen LogP contribution in [0.4, 0.5) is 0 Å². The van der Waals surface area contributed by atoms with Gasteiger partial charge in [0.05, 0.1) is 7.11 Å². The molecule has 1 fully saturated rings. The lowest BCUT2D eigenvalue weighted by Gasteiger charge is -2.46. The Hall–Kier alpha value is -1.51. The predicted octanol–water partition coefficient (Wildman–Crippen LogP) is 3.03. The van der Waals surface area contributed by atoms with Gasteiger partial charge in [-0.3, -0.25) is 4.79 Å². The number of Topliss-reactive ketones (excluding diaryl/α,β-unsaturated/α-hetero) is 1. The van der Waals surface area contributed by atoms with Crippen LogP contribution in [0, 0.1) is 5.92 Å². The number of carbonyl (C=O) groups excluding carboxylic acids is 1. The number of hydrogen-bond donors (Lipinski definition) is 0. The Balaban J connectivity index is 2.01. The van der Waals surface area contributed by atoms with E-state index in [1.807, 2.05) is 6.07 Å². The van der Waals surface area contributed by atoms with Crippen LogP contribution in [0.15, 0.2) is 12.1 Å². The molecule has 1 heterocycles. The summed E-state index contributed by atoms with van der Waals surface area (Å²) in [6, 6.07) is 4.15. The molecule has 3 heteroatoms. The van der Waals surface area contributed by atoms with Gasteiger partial charge in [0.15, 0.2) is 23.4 Å². The highest BCUT2D eigenvalue weighted by Crippen LogP contribution is 2.60. The first-order valence-electron chi connectivity index (χ1n) is 7.62. The molecule has 0 bridgehead atoms. The smallest absolute Gasteiger partial charge is 0.174 e. The molecular weight excluding hydrogens is 252 g/mol. The molecule has 106 valence electrons. The maximum absolute atomic E-state index is 12.4. The highest BCUT2D eigenvalue weighted by molar-refractivity contribution is 5.88. The van der Waals surface area contributed by atoms with Gasteiger partial charge >= 0.3 is 0 Å². The van der Waals surface area contributed by atoms with Gasteiger partial charge in [-0.25, -0.2) is 0 Å². The number of rotatable bonds is 2. The summed E-state index contributed by atoms with van der Waals surface area (Å²) in [5.74, 6) is 2.47. The lowest BCUT2D eigenvalue weighted by atomic mass is 9.55. The van der Waals surface area contributed by atoms with Gasteiger partial charge in [0.2, 0.25) is 0 Å². The topological polar surface area (TPSA) is 35.5 Å². The summed E-state index contributed by atoms with van der Waals surface area (Å²) in [6.07, 6.45) is 4.66. The van der Waals surface area contributed by atoms with E-state index in [-0.39, 0.29) is 17.3 Å². The van der Waals surface area contributed by atoms with Crippen LogP contribution in [0.25, 0.3) is 0 Å². The van der Waals surface area contributed by atoms with Crippen LogP contribution in [0.2, 0.25) is 0 Å². The van der Waals surface area contributed by atoms with E-state index >= 15 is 0 Å². The maximum atomic E-state index is 12.4. The average Bonchev–Trinajstić information content (AvgIpc) is 2.85. The van der Waals surface area contributed by atoms with Gasteiger partial charge < -0.3 is 9.47 Å². The summed E-state index contributed by atoms with van der Waals surface area (Å²) in [7, 11) is 1.67. The molecule has 1 aromatic carbocycles. The largest absolute Gasteiger partial charge is 0.493 e. The lowest BCUT2D eigenvalue weighted by molar-refractivity contribution is -0.133. The molecule has 1 aliphatic heterocycles. The summed E-state index contributed by atoms with van der Waals surface area (Å²) >= 11 is 0. The van der Waals surface area contributed by atoms with Crippen LogP contribution >= 0.6 is 0 Å². The van der Waals surface area contributed by atoms with Gasteiger partial charge in [0.25, 0.3) is 0 Å². The third-order valence-corrected chi connectivity index (χ3v) is 5.70. The van der Waals surface area contributed by atoms with Crippen LogP contribution in [-0.4, -0.2) is 19.0 Å². The minimum Gasteiger partial charge on any atom is -0.493 e. The Morgan fingerprint density at radius 2 is 2.15 bits per heavy atom. The molecule has 0 unspecified atom stereocenters. The van der Waals surface area contributed by atoms with Crippen molar-refractivity contribution in [1.82, 2.24) is 0 Å². The predicted molar refractivity (Wildman–Crippen MR) is 75.4 cm³/mol. The molecule has 0 spiro atoms. The van der Waals surface area contributed by atoms with Crippen molar-refractivity contribution < 1.29 is 14.3 Å². The molecule has 3 atom stereocenters. The number of ether oxygens (including phenoxy) is 2. The zero-order chi connectivity index (χ0) is 13.9. The zero-order valence-electron chi connectivity index (χ0n) is 12.1. The second-order valence-corrected chi connectivity index (χ2v) is 6.26. The normalized spacial score (nSPS) is 33.6. The van der Waals surface area contributed by atoms with Crippen molar-refractivity contribution in [3.8, 4) is 11.5 Å². The lowest BCUT2D eigenvalue weighted by Crippen LogP contribution is -2.53. The van der Waals surface area contributed by atoms with Crippen molar-refractivity contribution in [2.75, 3.05) is 7.11 Å². The van der Waals surface area contributed by atoms with Crippen LogP contribution in [0.3, 0.4) is 0 Å². The first-order valence-corrected chi connectivity index (χ1v) is 7.62. The molecule has 1 saturated carbocycles. The molecule has 0 radical (unpaired) electrons. The fraction of sp³-hybridized carbons (Fsp3) is 0.588. The Bertz CT molecular complexity index is 592. The number of methoxy groups -OCH3 is 1. The monoisotopic (exact) mass is 272 g/mol. The van der Waals surface area contributed by atoms with Crippen molar-refractivity contribution in [2.24, 2.45) is 5.92 Å². The molecule has 2 aliphatic carbocycles. The van der Waals surface area contributed by atoms with E-state index in [2.05, 4.69) is 13.0 Å². The number of carbonyl (C=O) groups is 1. The van der Waals surface area contributed by atoms with Crippen LogP contribution in [0.5, 0.6) is 11.5 Å². The first-order chi connectivity index (χ1) is 9.72. The van der Waals surface area contributed by atoms with E-state index in [0.29, 0.717) is 12.3 Å².